The van der Waals surface area contributed by atoms with Gasteiger partial charge in [-0.15, -0.1) is 11.3 Å². The maximum atomic E-state index is 12.8. The zero-order valence-corrected chi connectivity index (χ0v) is 19.0. The van der Waals surface area contributed by atoms with Gasteiger partial charge in [-0.1, -0.05) is 11.8 Å². The molecule has 0 aliphatic carbocycles. The highest BCUT2D eigenvalue weighted by Crippen LogP contribution is 2.37. The Morgan fingerprint density at radius 2 is 1.80 bits per heavy atom. The van der Waals surface area contributed by atoms with Crippen molar-refractivity contribution in [2.24, 2.45) is 5.92 Å². The van der Waals surface area contributed by atoms with Crippen LogP contribution in [0.4, 0.5) is 5.00 Å². The Morgan fingerprint density at radius 1 is 1.07 bits per heavy atom. The first kappa shape index (κ1) is 20.4. The normalized spacial score (nSPS) is 28.5. The van der Waals surface area contributed by atoms with Crippen LogP contribution in [0.25, 0.3) is 0 Å². The molecule has 0 spiro atoms. The Morgan fingerprint density at radius 3 is 2.50 bits per heavy atom. The summed E-state index contributed by atoms with van der Waals surface area (Å²) in [5, 5.41) is 4.63. The van der Waals surface area contributed by atoms with E-state index in [9.17, 15) is 4.79 Å². The van der Waals surface area contributed by atoms with E-state index in [0.29, 0.717) is 12.0 Å². The minimum absolute atomic E-state index is 0.0582. The van der Waals surface area contributed by atoms with Crippen molar-refractivity contribution < 1.29 is 9.53 Å². The van der Waals surface area contributed by atoms with E-state index in [2.05, 4.69) is 46.3 Å². The Balaban J connectivity index is 1.19. The molecule has 30 heavy (non-hydrogen) atoms. The molecule has 160 valence electrons. The number of anilines is 1. The molecule has 1 amide bonds. The van der Waals surface area contributed by atoms with Gasteiger partial charge >= 0.3 is 0 Å². The van der Waals surface area contributed by atoms with E-state index in [-0.39, 0.29) is 11.9 Å². The molecule has 2 aromatic rings. The van der Waals surface area contributed by atoms with Gasteiger partial charge in [0, 0.05) is 35.6 Å². The highest BCUT2D eigenvalue weighted by atomic mass is 32.2. The van der Waals surface area contributed by atoms with Crippen molar-refractivity contribution in [2.75, 3.05) is 44.3 Å². The number of hydrogen-bond donors (Lipinski definition) is 1. The van der Waals surface area contributed by atoms with Crippen LogP contribution in [0, 0.1) is 5.92 Å². The number of fused-ring (bicyclic) bond motifs is 3. The van der Waals surface area contributed by atoms with Crippen LogP contribution in [0.2, 0.25) is 0 Å². The predicted molar refractivity (Wildman–Crippen MR) is 123 cm³/mol. The maximum Gasteiger partial charge on any atom is 0.251 e. The minimum Gasteiger partial charge on any atom is -0.378 e. The molecule has 7 heteroatoms. The quantitative estimate of drug-likeness (QED) is 0.758. The number of ether oxygens (including phenoxy) is 1. The lowest BCUT2D eigenvalue weighted by Crippen LogP contribution is -2.62. The summed E-state index contributed by atoms with van der Waals surface area (Å²) < 4.78 is 6.72. The average molecular weight is 444 g/mol. The molecule has 1 aromatic carbocycles. The van der Waals surface area contributed by atoms with Gasteiger partial charge in [0.25, 0.3) is 5.91 Å². The van der Waals surface area contributed by atoms with Gasteiger partial charge in [-0.3, -0.25) is 9.69 Å². The molecular weight excluding hydrogens is 414 g/mol. The third-order valence-corrected chi connectivity index (χ3v) is 8.99. The highest BCUT2D eigenvalue weighted by Gasteiger charge is 2.40. The lowest BCUT2D eigenvalue weighted by Gasteiger charge is -2.49. The molecule has 1 aromatic heterocycles. The summed E-state index contributed by atoms with van der Waals surface area (Å²) in [6, 6.07) is 13.2. The third kappa shape index (κ3) is 4.26. The molecule has 4 aliphatic rings. The van der Waals surface area contributed by atoms with E-state index in [1.165, 1.54) is 35.1 Å². The van der Waals surface area contributed by atoms with Gasteiger partial charge in [-0.25, -0.2) is 0 Å². The van der Waals surface area contributed by atoms with Crippen LogP contribution in [0.15, 0.2) is 45.5 Å². The smallest absolute Gasteiger partial charge is 0.251 e. The summed E-state index contributed by atoms with van der Waals surface area (Å²) in [5.41, 5.74) is 0.753. The molecule has 4 saturated heterocycles. The second-order valence-corrected chi connectivity index (χ2v) is 10.9. The summed E-state index contributed by atoms with van der Waals surface area (Å²) in [4.78, 5) is 18.9. The molecule has 6 rings (SSSR count). The number of piperidine rings is 3. The maximum absolute atomic E-state index is 12.8. The van der Waals surface area contributed by atoms with Crippen molar-refractivity contribution in [1.29, 1.82) is 0 Å². The van der Waals surface area contributed by atoms with Crippen molar-refractivity contribution in [3.63, 3.8) is 0 Å². The van der Waals surface area contributed by atoms with Crippen LogP contribution in [-0.2, 0) is 4.74 Å². The van der Waals surface area contributed by atoms with Gasteiger partial charge in [0.05, 0.1) is 22.4 Å². The Labute approximate surface area is 186 Å². The average Bonchev–Trinajstić information content (AvgIpc) is 3.26. The van der Waals surface area contributed by atoms with Crippen LogP contribution in [0.3, 0.4) is 0 Å². The first-order chi connectivity index (χ1) is 14.7. The van der Waals surface area contributed by atoms with E-state index in [1.807, 2.05) is 23.5 Å². The number of morpholine rings is 1. The van der Waals surface area contributed by atoms with E-state index < -0.39 is 0 Å². The molecule has 1 N–H and O–H groups in total. The first-order valence-corrected chi connectivity index (χ1v) is 12.6. The largest absolute Gasteiger partial charge is 0.378 e. The van der Waals surface area contributed by atoms with Gasteiger partial charge in [0.2, 0.25) is 0 Å². The van der Waals surface area contributed by atoms with Crippen LogP contribution < -0.4 is 10.2 Å². The van der Waals surface area contributed by atoms with Crippen LogP contribution in [0.5, 0.6) is 0 Å². The molecule has 2 atom stereocenters. The zero-order chi connectivity index (χ0) is 20.5. The Hall–Kier alpha value is -1.54. The summed E-state index contributed by atoms with van der Waals surface area (Å²) in [6.45, 7) is 8.16. The van der Waals surface area contributed by atoms with Gasteiger partial charge in [0.1, 0.15) is 0 Å². The molecule has 5 nitrogen and oxygen atoms in total. The number of hydrogen-bond acceptors (Lipinski definition) is 6. The van der Waals surface area contributed by atoms with Crippen molar-refractivity contribution >= 4 is 34.0 Å². The second-order valence-electron chi connectivity index (χ2n) is 8.43. The molecule has 0 radical (unpaired) electrons. The monoisotopic (exact) mass is 443 g/mol. The van der Waals surface area contributed by atoms with Crippen LogP contribution >= 0.6 is 23.1 Å². The molecule has 5 heterocycles. The van der Waals surface area contributed by atoms with E-state index in [0.717, 1.165) is 36.8 Å². The number of nitrogens with zero attached hydrogens (tertiary/aromatic N) is 2. The van der Waals surface area contributed by atoms with Crippen LogP contribution in [0.1, 0.15) is 30.1 Å². The molecule has 4 fully saturated rings. The molecule has 0 saturated carbocycles. The fraction of sp³-hybridized carbons (Fsp3) is 0.522. The number of nitrogens with one attached hydrogen (secondary N) is 1. The number of carbonyl (C=O) groups is 1. The van der Waals surface area contributed by atoms with E-state index in [1.54, 1.807) is 11.8 Å². The minimum atomic E-state index is 0.0582. The highest BCUT2D eigenvalue weighted by molar-refractivity contribution is 8.01. The first-order valence-electron chi connectivity index (χ1n) is 10.9. The lowest BCUT2D eigenvalue weighted by atomic mass is 9.79. The molecule has 0 unspecified atom stereocenters. The molecule has 2 bridgehead atoms. The summed E-state index contributed by atoms with van der Waals surface area (Å²) in [6.07, 6.45) is 2.41. The Kier molecular flexibility index (Phi) is 6.05. The number of benzene rings is 1. The van der Waals surface area contributed by atoms with Gasteiger partial charge in [-0.2, -0.15) is 0 Å². The predicted octanol–water partition coefficient (Wildman–Crippen LogP) is 3.95. The molecule has 4 aliphatic heterocycles. The fourth-order valence-electron chi connectivity index (χ4n) is 4.89. The number of rotatable bonds is 5. The number of carbonyl (C=O) groups excluding carboxylic acids is 1. The van der Waals surface area contributed by atoms with Crippen molar-refractivity contribution in [2.45, 2.75) is 41.0 Å². The van der Waals surface area contributed by atoms with Crippen molar-refractivity contribution in [1.82, 2.24) is 10.2 Å². The molecular formula is C23H29N3O2S2. The van der Waals surface area contributed by atoms with E-state index >= 15 is 0 Å². The SMILES string of the molecule is C[C@H]1[C@H](NC(=O)c2ccc(Sc3ccc(N4CCOCC4)s3)cc2)C2CCN1CC2. The van der Waals surface area contributed by atoms with Crippen LogP contribution in [-0.4, -0.2) is 62.3 Å². The van der Waals surface area contributed by atoms with Gasteiger partial charge in [-0.05, 0) is 75.2 Å². The zero-order valence-electron chi connectivity index (χ0n) is 17.4. The number of thiophene rings is 1. The van der Waals surface area contributed by atoms with Crippen molar-refractivity contribution in [3.8, 4) is 0 Å². The number of amides is 1. The Bertz CT molecular complexity index is 869. The van der Waals surface area contributed by atoms with E-state index in [4.69, 9.17) is 4.74 Å². The third-order valence-electron chi connectivity index (χ3n) is 6.70. The fourth-order valence-corrected chi connectivity index (χ4v) is 7.03. The van der Waals surface area contributed by atoms with Gasteiger partial charge in [0.15, 0.2) is 0 Å². The summed E-state index contributed by atoms with van der Waals surface area (Å²) >= 11 is 3.59. The summed E-state index contributed by atoms with van der Waals surface area (Å²) in [7, 11) is 0. The second kappa shape index (κ2) is 8.91. The standard InChI is InChI=1S/C23H29N3O2S2/c1-16-22(17-8-10-25(16)11-9-17)24-23(27)18-2-4-19(5-3-18)29-21-7-6-20(30-21)26-12-14-28-15-13-26/h2-7,16-17,22H,8-15H2,1H3,(H,24,27)/t16-,22-/m0/s1. The van der Waals surface area contributed by atoms with Gasteiger partial charge < -0.3 is 15.0 Å². The lowest BCUT2D eigenvalue weighted by molar-refractivity contribution is 0.0217. The topological polar surface area (TPSA) is 44.8 Å². The van der Waals surface area contributed by atoms with Crippen molar-refractivity contribution in [3.05, 3.63) is 42.0 Å². The summed E-state index contributed by atoms with van der Waals surface area (Å²) in [5.74, 6) is 0.686.